The number of amides is 2. The Labute approximate surface area is 627 Å². The number of anilines is 12. The van der Waals surface area contributed by atoms with E-state index in [1.54, 1.807) is 56.7 Å². The molecule has 0 radical (unpaired) electrons. The van der Waals surface area contributed by atoms with Crippen LogP contribution in [0.15, 0.2) is 182 Å². The number of carbonyl (C=O) groups excluding carboxylic acids is 5. The first-order valence-corrected chi connectivity index (χ1v) is 33.8. The number of esters is 2. The van der Waals surface area contributed by atoms with Gasteiger partial charge in [-0.3, -0.25) is 24.0 Å². The van der Waals surface area contributed by atoms with Gasteiger partial charge in [-0.1, -0.05) is 36.4 Å². The van der Waals surface area contributed by atoms with Crippen molar-refractivity contribution in [2.45, 2.75) is 72.2 Å². The number of ether oxygens (including phenoxy) is 5. The number of nitrogens with zero attached hydrogens (tertiary/aromatic N) is 9. The van der Waals surface area contributed by atoms with Crippen molar-refractivity contribution in [1.29, 1.82) is 0 Å². The quantitative estimate of drug-likeness (QED) is 0.0172. The van der Waals surface area contributed by atoms with Crippen LogP contribution in [0.3, 0.4) is 0 Å². The van der Waals surface area contributed by atoms with E-state index >= 15 is 0 Å². The van der Waals surface area contributed by atoms with Gasteiger partial charge in [-0.2, -0.15) is 0 Å². The molecule has 0 atom stereocenters. The molecule has 0 aliphatic carbocycles. The summed E-state index contributed by atoms with van der Waals surface area (Å²) in [5, 5.41) is 24.3. The second-order valence-corrected chi connectivity index (χ2v) is 25.7. The van der Waals surface area contributed by atoms with E-state index in [4.69, 9.17) is 36.3 Å². The number of nitrogens with one attached hydrogen (secondary N) is 5. The Morgan fingerprint density at radius 1 is 0.429 bits per heavy atom. The van der Waals surface area contributed by atoms with Crippen LogP contribution in [0.5, 0.6) is 0 Å². The standard InChI is InChI=1S/C26H29N5O4.C24H27N5O3.C20H21N5O.C6H9ClO3.Li.H2O/c1-18(32)35-26(2,3)24(33)28-20-6-4-19(5-7-20)23-12-13-27-25(30-23)29-21-8-10-22(11-9-21)31-14-16-34-17-15-31;1-24(2,31)22(30)26-18-5-3-17(4-6-18)21-11-12-25-23(28-21)27-19-7-9-20(10-8-19)29-13-15-32-16-14-29;21-16-3-1-15(2-4-16)19-9-10-22-20(24-19)23-17-5-7-18(8-6-17)25-11-13-26-14-12-25;1-4(8)10-6(2,3)5(7)9;;/h4-13H,14-17H2,1-3H3,(H,28,33)(H,27,29,30);3-12,31H,13-16H2,1-2H3,(H,26,30)(H,25,27,28);1-10H,11-14,21H2,(H,22,23,24);1-3H3;;1H2/q;;;;+1;/p-1. The molecule has 3 aromatic heterocycles. The van der Waals surface area contributed by atoms with Gasteiger partial charge in [-0.05, 0) is 181 Å². The Balaban J connectivity index is 0.000000206. The molecule has 9 aromatic rings. The van der Waals surface area contributed by atoms with E-state index in [9.17, 15) is 29.1 Å². The largest absolute Gasteiger partial charge is 1.00 e. The first kappa shape index (κ1) is 81.7. The maximum Gasteiger partial charge on any atom is 1.00 e. The number of hydrogen-bond acceptors (Lipinski definition) is 25. The Hall–Kier alpha value is -10.6. The molecule has 29 heteroatoms. The molecule has 9 N–H and O–H groups in total. The molecule has 12 rings (SSSR count). The van der Waals surface area contributed by atoms with Crippen molar-refractivity contribution < 1.29 is 77.1 Å². The molecule has 6 heterocycles. The summed E-state index contributed by atoms with van der Waals surface area (Å²) >= 11 is 5.10. The smallest absolute Gasteiger partial charge is 0.870 e. The van der Waals surface area contributed by atoms with Crippen LogP contribution in [0.25, 0.3) is 33.8 Å². The zero-order valence-corrected chi connectivity index (χ0v) is 61.0. The van der Waals surface area contributed by atoms with Gasteiger partial charge in [0.15, 0.2) is 11.2 Å². The maximum absolute atomic E-state index is 12.4. The molecular weight excluding hydrogens is 1360 g/mol. The van der Waals surface area contributed by atoms with E-state index in [0.29, 0.717) is 29.2 Å². The average Bonchev–Trinajstić information content (AvgIpc) is 0.836. The SMILES string of the molecule is CC(=O)OC(C)(C)C(=O)Cl.CC(=O)OC(C)(C)C(=O)Nc1ccc(-c2ccnc(Nc3ccc(N4CCOCC4)cc3)n2)cc1.CC(C)(O)C(=O)Nc1ccc(-c2ccnc(Nc3ccc(N4CCOCC4)cc3)n2)cc1.Nc1ccc(-c2ccnc(Nc3ccc(N4CCOCC4)cc3)n2)cc1.[Li+].[OH-]. The molecule has 3 fully saturated rings. The van der Waals surface area contributed by atoms with Gasteiger partial charge in [-0.15, -0.1) is 0 Å². The maximum atomic E-state index is 12.4. The van der Waals surface area contributed by atoms with Crippen molar-refractivity contribution in [1.82, 2.24) is 29.9 Å². The number of aliphatic hydroxyl groups is 1. The van der Waals surface area contributed by atoms with E-state index in [1.165, 1.54) is 52.9 Å². The second kappa shape index (κ2) is 38.8. The summed E-state index contributed by atoms with van der Waals surface area (Å²) in [5.41, 5.74) is 15.2. The molecule has 0 bridgehead atoms. The second-order valence-electron chi connectivity index (χ2n) is 25.3. The molecule has 0 unspecified atom stereocenters. The van der Waals surface area contributed by atoms with E-state index in [2.05, 4.69) is 112 Å². The normalized spacial score (nSPS) is 13.4. The van der Waals surface area contributed by atoms with Gasteiger partial charge in [0.2, 0.25) is 17.8 Å². The van der Waals surface area contributed by atoms with Crippen molar-refractivity contribution in [2.75, 3.05) is 126 Å². The van der Waals surface area contributed by atoms with Crippen LogP contribution in [0, 0.1) is 0 Å². The Morgan fingerprint density at radius 3 is 0.981 bits per heavy atom. The van der Waals surface area contributed by atoms with Crippen LogP contribution < -0.4 is 65.9 Å². The molecule has 105 heavy (non-hydrogen) atoms. The zero-order valence-electron chi connectivity index (χ0n) is 60.3. The molecule has 3 aliphatic heterocycles. The number of carbonyl (C=O) groups is 5. The third-order valence-corrected chi connectivity index (χ3v) is 16.4. The fraction of sp³-hybridized carbons (Fsp3) is 0.303. The summed E-state index contributed by atoms with van der Waals surface area (Å²) in [6.45, 7) is 21.4. The summed E-state index contributed by atoms with van der Waals surface area (Å²) in [7, 11) is 0. The average molecular weight is 1450 g/mol. The first-order chi connectivity index (χ1) is 49.3. The molecular formula is C76H87ClLiN15O12. The number of halogens is 1. The van der Waals surface area contributed by atoms with Gasteiger partial charge in [0.1, 0.15) is 5.60 Å². The number of morpholine rings is 3. The van der Waals surface area contributed by atoms with Crippen LogP contribution in [0.4, 0.5) is 69.0 Å². The van der Waals surface area contributed by atoms with Crippen molar-refractivity contribution in [2.24, 2.45) is 0 Å². The predicted octanol–water partition coefficient (Wildman–Crippen LogP) is 8.66. The molecule has 3 saturated heterocycles. The number of nitrogens with two attached hydrogens (primary N) is 1. The predicted molar refractivity (Wildman–Crippen MR) is 403 cm³/mol. The van der Waals surface area contributed by atoms with Gasteiger partial charge >= 0.3 is 30.8 Å². The van der Waals surface area contributed by atoms with Gasteiger partial charge in [0, 0.05) is 140 Å². The zero-order chi connectivity index (χ0) is 73.5. The number of rotatable bonds is 19. The van der Waals surface area contributed by atoms with Crippen LogP contribution in [0.2, 0.25) is 0 Å². The third kappa shape index (κ3) is 25.4. The summed E-state index contributed by atoms with van der Waals surface area (Å²) in [5.74, 6) is -0.339. The van der Waals surface area contributed by atoms with Gasteiger partial charge in [0.25, 0.3) is 17.1 Å². The van der Waals surface area contributed by atoms with Crippen LogP contribution >= 0.6 is 11.6 Å². The topological polar surface area (TPSA) is 355 Å². The van der Waals surface area contributed by atoms with Gasteiger partial charge < -0.3 is 81.3 Å². The fourth-order valence-corrected chi connectivity index (χ4v) is 10.4. The number of benzene rings is 6. The Kier molecular flexibility index (Phi) is 30.2. The van der Waals surface area contributed by atoms with Crippen LogP contribution in [-0.4, -0.2) is 165 Å². The van der Waals surface area contributed by atoms with E-state index in [0.717, 1.165) is 141 Å². The van der Waals surface area contributed by atoms with E-state index < -0.39 is 45.8 Å². The van der Waals surface area contributed by atoms with Gasteiger partial charge in [0.05, 0.1) is 56.7 Å². The number of aromatic nitrogens is 6. The molecule has 6 aromatic carbocycles. The fourth-order valence-electron chi connectivity index (χ4n) is 10.3. The summed E-state index contributed by atoms with van der Waals surface area (Å²) in [6.07, 6.45) is 5.16. The first-order valence-electron chi connectivity index (χ1n) is 33.4. The van der Waals surface area contributed by atoms with Crippen LogP contribution in [-0.2, 0) is 47.7 Å². The number of hydrogen-bond donors (Lipinski definition) is 7. The molecule has 2 amide bonds. The summed E-state index contributed by atoms with van der Waals surface area (Å²) in [4.78, 5) is 90.1. The van der Waals surface area contributed by atoms with Crippen LogP contribution in [0.1, 0.15) is 55.4 Å². The van der Waals surface area contributed by atoms with Crippen molar-refractivity contribution >= 4 is 110 Å². The molecule has 27 nitrogen and oxygen atoms in total. The molecule has 546 valence electrons. The minimum Gasteiger partial charge on any atom is -0.870 e. The molecule has 3 aliphatic rings. The summed E-state index contributed by atoms with van der Waals surface area (Å²) < 4.78 is 25.9. The van der Waals surface area contributed by atoms with E-state index in [1.807, 2.05) is 103 Å². The monoisotopic (exact) mass is 1440 g/mol. The molecule has 0 spiro atoms. The Morgan fingerprint density at radius 2 is 0.705 bits per heavy atom. The van der Waals surface area contributed by atoms with Crippen molar-refractivity contribution in [3.8, 4) is 33.8 Å². The summed E-state index contributed by atoms with van der Waals surface area (Å²) in [6, 6.07) is 52.4. The third-order valence-electron chi connectivity index (χ3n) is 15.9. The Bertz CT molecular complexity index is 4280. The van der Waals surface area contributed by atoms with E-state index in [-0.39, 0.29) is 24.3 Å². The van der Waals surface area contributed by atoms with Crippen molar-refractivity contribution in [3.63, 3.8) is 0 Å². The minimum atomic E-state index is -1.44. The van der Waals surface area contributed by atoms with Gasteiger partial charge in [-0.25, -0.2) is 29.9 Å². The molecule has 0 saturated carbocycles. The minimum absolute atomic E-state index is 0. The van der Waals surface area contributed by atoms with Crippen molar-refractivity contribution in [3.05, 3.63) is 182 Å². The number of nitrogen functional groups attached to an aromatic ring is 1.